The lowest BCUT2D eigenvalue weighted by Gasteiger charge is -2.16. The van der Waals surface area contributed by atoms with Crippen LogP contribution in [0.2, 0.25) is 5.02 Å². The van der Waals surface area contributed by atoms with E-state index in [0.29, 0.717) is 22.6 Å². The summed E-state index contributed by atoms with van der Waals surface area (Å²) in [5.41, 5.74) is 1.04. The predicted molar refractivity (Wildman–Crippen MR) is 101 cm³/mol. The number of anilines is 4. The minimum absolute atomic E-state index is 0.638. The van der Waals surface area contributed by atoms with E-state index in [1.54, 1.807) is 6.20 Å². The van der Waals surface area contributed by atoms with E-state index in [2.05, 4.69) is 20.3 Å². The largest absolute Gasteiger partial charge is 0.377 e. The molecule has 7 heteroatoms. The fourth-order valence-corrected chi connectivity index (χ4v) is 2.63. The van der Waals surface area contributed by atoms with Gasteiger partial charge in [-0.05, 0) is 29.7 Å². The summed E-state index contributed by atoms with van der Waals surface area (Å²) in [7, 11) is 7.78. The molecular formula is C17H19ClN6. The van der Waals surface area contributed by atoms with Gasteiger partial charge in [0, 0.05) is 56.7 Å². The van der Waals surface area contributed by atoms with Crippen LogP contribution in [-0.2, 0) is 0 Å². The highest BCUT2D eigenvalue weighted by atomic mass is 35.5. The summed E-state index contributed by atoms with van der Waals surface area (Å²) in [6.07, 6.45) is 3.56. The van der Waals surface area contributed by atoms with E-state index in [9.17, 15) is 0 Å². The van der Waals surface area contributed by atoms with E-state index in [0.717, 1.165) is 16.5 Å². The summed E-state index contributed by atoms with van der Waals surface area (Å²) in [4.78, 5) is 17.0. The first-order chi connectivity index (χ1) is 11.4. The summed E-state index contributed by atoms with van der Waals surface area (Å²) >= 11 is 6.24. The smallest absolute Gasteiger partial charge is 0.226 e. The molecule has 2 aromatic heterocycles. The zero-order chi connectivity index (χ0) is 17.3. The molecule has 0 aliphatic carbocycles. The van der Waals surface area contributed by atoms with Crippen molar-refractivity contribution in [2.45, 2.75) is 0 Å². The van der Waals surface area contributed by atoms with Crippen LogP contribution >= 0.6 is 11.6 Å². The maximum absolute atomic E-state index is 6.24. The van der Waals surface area contributed by atoms with E-state index in [1.807, 2.05) is 68.5 Å². The lowest BCUT2D eigenvalue weighted by atomic mass is 10.1. The van der Waals surface area contributed by atoms with Crippen LogP contribution < -0.4 is 15.1 Å². The molecule has 1 N–H and O–H groups in total. The number of hydrogen-bond acceptors (Lipinski definition) is 6. The van der Waals surface area contributed by atoms with Crippen molar-refractivity contribution in [1.29, 1.82) is 0 Å². The molecule has 0 saturated heterocycles. The zero-order valence-corrected chi connectivity index (χ0v) is 14.8. The van der Waals surface area contributed by atoms with E-state index in [1.165, 1.54) is 0 Å². The number of pyridine rings is 1. The standard InChI is InChI=1S/C17H19ClN6/c1-23(2)14-9-12(18)7-11-8-16(20-10-13(11)14)21-15-5-6-19-17(22-15)24(3)4/h5-10H,1-4H3,(H,19,20,21,22). The van der Waals surface area contributed by atoms with Crippen molar-refractivity contribution < 1.29 is 0 Å². The topological polar surface area (TPSA) is 57.2 Å². The van der Waals surface area contributed by atoms with Crippen LogP contribution in [0.25, 0.3) is 10.8 Å². The van der Waals surface area contributed by atoms with Crippen LogP contribution in [-0.4, -0.2) is 43.1 Å². The molecule has 24 heavy (non-hydrogen) atoms. The average Bonchev–Trinajstić information content (AvgIpc) is 2.53. The molecule has 1 aromatic carbocycles. The highest BCUT2D eigenvalue weighted by Gasteiger charge is 2.08. The number of halogens is 1. The van der Waals surface area contributed by atoms with E-state index in [-0.39, 0.29) is 0 Å². The van der Waals surface area contributed by atoms with Crippen molar-refractivity contribution in [3.05, 3.63) is 41.7 Å². The van der Waals surface area contributed by atoms with Crippen molar-refractivity contribution in [3.8, 4) is 0 Å². The van der Waals surface area contributed by atoms with Crippen molar-refractivity contribution in [2.75, 3.05) is 43.3 Å². The van der Waals surface area contributed by atoms with Gasteiger partial charge in [-0.3, -0.25) is 0 Å². The molecule has 124 valence electrons. The van der Waals surface area contributed by atoms with Gasteiger partial charge in [0.15, 0.2) is 0 Å². The Bertz CT molecular complexity index is 878. The molecule has 3 aromatic rings. The van der Waals surface area contributed by atoms with Gasteiger partial charge in [0.05, 0.1) is 0 Å². The number of nitrogens with zero attached hydrogens (tertiary/aromatic N) is 5. The third kappa shape index (κ3) is 3.33. The van der Waals surface area contributed by atoms with Crippen molar-refractivity contribution >= 4 is 45.6 Å². The molecule has 0 radical (unpaired) electrons. The lowest BCUT2D eigenvalue weighted by Crippen LogP contribution is -2.13. The van der Waals surface area contributed by atoms with Gasteiger partial charge in [0.25, 0.3) is 0 Å². The SMILES string of the molecule is CN(C)c1nccc(Nc2cc3cc(Cl)cc(N(C)C)c3cn2)n1. The Hall–Kier alpha value is -2.60. The summed E-state index contributed by atoms with van der Waals surface area (Å²) in [5, 5.41) is 5.98. The Morgan fingerprint density at radius 2 is 1.75 bits per heavy atom. The third-order valence-electron chi connectivity index (χ3n) is 3.56. The number of aromatic nitrogens is 3. The summed E-state index contributed by atoms with van der Waals surface area (Å²) in [6.45, 7) is 0. The van der Waals surface area contributed by atoms with Gasteiger partial charge in [-0.2, -0.15) is 4.98 Å². The molecule has 0 spiro atoms. The van der Waals surface area contributed by atoms with Crippen LogP contribution in [0.5, 0.6) is 0 Å². The first-order valence-electron chi connectivity index (χ1n) is 7.48. The Morgan fingerprint density at radius 3 is 2.46 bits per heavy atom. The average molecular weight is 343 g/mol. The van der Waals surface area contributed by atoms with Gasteiger partial charge < -0.3 is 15.1 Å². The van der Waals surface area contributed by atoms with Gasteiger partial charge >= 0.3 is 0 Å². The van der Waals surface area contributed by atoms with Crippen LogP contribution in [0.3, 0.4) is 0 Å². The second-order valence-corrected chi connectivity index (χ2v) is 6.31. The maximum Gasteiger partial charge on any atom is 0.226 e. The van der Waals surface area contributed by atoms with E-state index in [4.69, 9.17) is 11.6 Å². The Balaban J connectivity index is 1.98. The number of nitrogens with one attached hydrogen (secondary N) is 1. The molecule has 0 fully saturated rings. The number of hydrogen-bond donors (Lipinski definition) is 1. The first kappa shape index (κ1) is 16.3. The normalized spacial score (nSPS) is 10.7. The second-order valence-electron chi connectivity index (χ2n) is 5.87. The third-order valence-corrected chi connectivity index (χ3v) is 3.78. The fourth-order valence-electron chi connectivity index (χ4n) is 2.41. The molecule has 0 unspecified atom stereocenters. The van der Waals surface area contributed by atoms with E-state index < -0.39 is 0 Å². The predicted octanol–water partition coefficient (Wildman–Crippen LogP) is 3.55. The minimum Gasteiger partial charge on any atom is -0.377 e. The van der Waals surface area contributed by atoms with Crippen molar-refractivity contribution in [1.82, 2.24) is 15.0 Å². The molecule has 0 atom stereocenters. The van der Waals surface area contributed by atoms with Gasteiger partial charge in [0.2, 0.25) is 5.95 Å². The highest BCUT2D eigenvalue weighted by Crippen LogP contribution is 2.31. The van der Waals surface area contributed by atoms with Crippen LogP contribution in [0.1, 0.15) is 0 Å². The number of rotatable bonds is 4. The maximum atomic E-state index is 6.24. The molecule has 0 aliphatic heterocycles. The fraction of sp³-hybridized carbons (Fsp3) is 0.235. The molecule has 0 aliphatic rings. The molecule has 0 saturated carbocycles. The number of fused-ring (bicyclic) bond motifs is 1. The Labute approximate surface area is 146 Å². The number of benzene rings is 1. The summed E-state index contributed by atoms with van der Waals surface area (Å²) in [5.74, 6) is 2.03. The quantitative estimate of drug-likeness (QED) is 0.782. The van der Waals surface area contributed by atoms with Crippen LogP contribution in [0.15, 0.2) is 36.7 Å². The lowest BCUT2D eigenvalue weighted by molar-refractivity contribution is 1.000. The van der Waals surface area contributed by atoms with Gasteiger partial charge in [-0.25, -0.2) is 9.97 Å². The van der Waals surface area contributed by atoms with Crippen molar-refractivity contribution in [3.63, 3.8) is 0 Å². The first-order valence-corrected chi connectivity index (χ1v) is 7.86. The molecule has 3 rings (SSSR count). The molecule has 0 amide bonds. The van der Waals surface area contributed by atoms with Gasteiger partial charge in [-0.15, -0.1) is 0 Å². The monoisotopic (exact) mass is 342 g/mol. The van der Waals surface area contributed by atoms with Gasteiger partial charge in [0.1, 0.15) is 11.6 Å². The van der Waals surface area contributed by atoms with Crippen molar-refractivity contribution in [2.24, 2.45) is 0 Å². The minimum atomic E-state index is 0.638. The summed E-state index contributed by atoms with van der Waals surface area (Å²) < 4.78 is 0. The van der Waals surface area contributed by atoms with E-state index >= 15 is 0 Å². The molecule has 2 heterocycles. The Morgan fingerprint density at radius 1 is 0.958 bits per heavy atom. The highest BCUT2D eigenvalue weighted by molar-refractivity contribution is 6.32. The summed E-state index contributed by atoms with van der Waals surface area (Å²) in [6, 6.07) is 7.64. The second kappa shape index (κ2) is 6.49. The Kier molecular flexibility index (Phi) is 4.40. The van der Waals surface area contributed by atoms with Crippen LogP contribution in [0.4, 0.5) is 23.3 Å². The molecule has 6 nitrogen and oxygen atoms in total. The van der Waals surface area contributed by atoms with Gasteiger partial charge in [-0.1, -0.05) is 11.6 Å². The molecule has 0 bridgehead atoms. The zero-order valence-electron chi connectivity index (χ0n) is 14.1. The van der Waals surface area contributed by atoms with Crippen LogP contribution in [0, 0.1) is 0 Å². The molecular weight excluding hydrogens is 324 g/mol.